The van der Waals surface area contributed by atoms with E-state index in [0.29, 0.717) is 12.8 Å². The second-order valence-electron chi connectivity index (χ2n) is 7.63. The van der Waals surface area contributed by atoms with Crippen LogP contribution in [0.4, 0.5) is 8.78 Å². The lowest BCUT2D eigenvalue weighted by molar-refractivity contribution is -0.140. The van der Waals surface area contributed by atoms with Crippen molar-refractivity contribution >= 4 is 5.97 Å². The fourth-order valence-corrected chi connectivity index (χ4v) is 3.93. The van der Waals surface area contributed by atoms with Crippen molar-refractivity contribution in [1.82, 2.24) is 0 Å². The van der Waals surface area contributed by atoms with Crippen LogP contribution in [0.3, 0.4) is 0 Å². The van der Waals surface area contributed by atoms with Crippen LogP contribution in [-0.4, -0.2) is 48.8 Å². The molecule has 2 rings (SSSR count). The third kappa shape index (κ3) is 6.68. The molecule has 0 amide bonds. The first kappa shape index (κ1) is 22.0. The molecule has 0 aromatic carbocycles. The molecule has 1 aliphatic heterocycles. The summed E-state index contributed by atoms with van der Waals surface area (Å²) in [4.78, 5) is 11.2. The summed E-state index contributed by atoms with van der Waals surface area (Å²) in [5.41, 5.74) is 0. The van der Waals surface area contributed by atoms with Gasteiger partial charge in [-0.2, -0.15) is 0 Å². The number of fused-ring (bicyclic) bond motifs is 1. The molecule has 0 radical (unpaired) electrons. The highest BCUT2D eigenvalue weighted by Crippen LogP contribution is 2.39. The van der Waals surface area contributed by atoms with Crippen LogP contribution in [-0.2, 0) is 14.3 Å². The molecule has 6 heteroatoms. The zero-order valence-corrected chi connectivity index (χ0v) is 16.2. The van der Waals surface area contributed by atoms with E-state index < -0.39 is 24.6 Å². The van der Waals surface area contributed by atoms with Gasteiger partial charge in [-0.05, 0) is 50.9 Å². The van der Waals surface area contributed by atoms with E-state index in [4.69, 9.17) is 4.74 Å². The van der Waals surface area contributed by atoms with E-state index in [1.54, 1.807) is 25.2 Å². The highest BCUT2D eigenvalue weighted by atomic mass is 19.1. The first-order valence-corrected chi connectivity index (χ1v) is 9.95. The number of ether oxygens (including phenoxy) is 2. The maximum atomic E-state index is 15.4. The van der Waals surface area contributed by atoms with Crippen molar-refractivity contribution in [3.05, 3.63) is 24.3 Å². The van der Waals surface area contributed by atoms with Crippen molar-refractivity contribution in [2.75, 3.05) is 7.11 Å². The van der Waals surface area contributed by atoms with Crippen molar-refractivity contribution in [2.45, 2.75) is 82.5 Å². The Balaban J connectivity index is 2.12. The molecule has 4 nitrogen and oxygen atoms in total. The Morgan fingerprint density at radius 2 is 2.04 bits per heavy atom. The molecule has 1 aliphatic carbocycles. The fraction of sp³-hybridized carbons (Fsp3) is 0.762. The third-order valence-corrected chi connectivity index (χ3v) is 5.58. The number of hydrogen-bond acceptors (Lipinski definition) is 4. The number of aliphatic hydroxyl groups excluding tert-OH is 1. The van der Waals surface area contributed by atoms with E-state index in [-0.39, 0.29) is 36.8 Å². The number of hydrogen-bond donors (Lipinski definition) is 1. The molecule has 27 heavy (non-hydrogen) atoms. The van der Waals surface area contributed by atoms with Crippen LogP contribution in [0.1, 0.15) is 51.9 Å². The van der Waals surface area contributed by atoms with Gasteiger partial charge in [0, 0.05) is 6.42 Å². The molecule has 2 aliphatic rings. The summed E-state index contributed by atoms with van der Waals surface area (Å²) >= 11 is 0. The van der Waals surface area contributed by atoms with Gasteiger partial charge in [-0.1, -0.05) is 30.7 Å². The average Bonchev–Trinajstić information content (AvgIpc) is 3.13. The minimum absolute atomic E-state index is 0.0221. The predicted molar refractivity (Wildman–Crippen MR) is 99.7 cm³/mol. The van der Waals surface area contributed by atoms with Gasteiger partial charge in [-0.25, -0.2) is 8.78 Å². The average molecular weight is 386 g/mol. The number of esters is 1. The highest BCUT2D eigenvalue weighted by Gasteiger charge is 2.37. The molecular formula is C21H32F2O4. The molecule has 0 aromatic heterocycles. The lowest BCUT2D eigenvalue weighted by Crippen LogP contribution is -2.35. The second-order valence-corrected chi connectivity index (χ2v) is 7.63. The molecule has 0 aromatic rings. The summed E-state index contributed by atoms with van der Waals surface area (Å²) in [6.45, 7) is 1.80. The minimum atomic E-state index is -1.35. The van der Waals surface area contributed by atoms with Gasteiger partial charge in [-0.3, -0.25) is 4.79 Å². The van der Waals surface area contributed by atoms with Gasteiger partial charge in [0.15, 0.2) is 0 Å². The summed E-state index contributed by atoms with van der Waals surface area (Å²) in [6, 6.07) is 0. The SMILES string of the molecule is COC(=O)CCC=CC1OC(C)CC[C@@H](F)[C@H](O)C=C[C@H]2CCC[C@@H]2C1F. The van der Waals surface area contributed by atoms with Crippen LogP contribution >= 0.6 is 0 Å². The van der Waals surface area contributed by atoms with E-state index in [0.717, 1.165) is 19.3 Å². The lowest BCUT2D eigenvalue weighted by Gasteiger charge is -2.30. The topological polar surface area (TPSA) is 55.8 Å². The number of carbonyl (C=O) groups excluding carboxylic acids is 1. The van der Waals surface area contributed by atoms with Crippen LogP contribution in [0.5, 0.6) is 0 Å². The van der Waals surface area contributed by atoms with Crippen LogP contribution in [0.2, 0.25) is 0 Å². The van der Waals surface area contributed by atoms with Gasteiger partial charge >= 0.3 is 5.97 Å². The third-order valence-electron chi connectivity index (χ3n) is 5.58. The van der Waals surface area contributed by atoms with Gasteiger partial charge in [0.25, 0.3) is 0 Å². The molecule has 1 N–H and O–H groups in total. The molecule has 0 spiro atoms. The number of halogens is 2. The largest absolute Gasteiger partial charge is 0.469 e. The van der Waals surface area contributed by atoms with Crippen molar-refractivity contribution < 1.29 is 28.2 Å². The zero-order valence-electron chi connectivity index (χ0n) is 16.2. The number of carbonyl (C=O) groups is 1. The van der Waals surface area contributed by atoms with Crippen LogP contribution < -0.4 is 0 Å². The van der Waals surface area contributed by atoms with Gasteiger partial charge < -0.3 is 14.6 Å². The number of alkyl halides is 2. The predicted octanol–water partition coefficient (Wildman–Crippen LogP) is 4.07. The molecule has 1 fully saturated rings. The van der Waals surface area contributed by atoms with Gasteiger partial charge in [-0.15, -0.1) is 0 Å². The smallest absolute Gasteiger partial charge is 0.305 e. The molecule has 7 atom stereocenters. The van der Waals surface area contributed by atoms with E-state index in [9.17, 15) is 14.3 Å². The standard InChI is InChI=1S/C21H32F2O4/c1-14-10-12-17(22)18(24)13-11-15-6-5-7-16(15)21(23)19(27-14)8-3-4-9-20(25)26-2/h3,8,11,13-19,21,24H,4-7,9-10,12H2,1-2H3/t14?,15-,16+,17-,18-,19?,21?/m1/s1. The molecule has 0 bridgehead atoms. The Morgan fingerprint density at radius 3 is 2.78 bits per heavy atom. The normalized spacial score (nSPS) is 38.2. The molecule has 1 heterocycles. The summed E-state index contributed by atoms with van der Waals surface area (Å²) in [6.07, 6.45) is 5.75. The van der Waals surface area contributed by atoms with Gasteiger partial charge in [0.1, 0.15) is 24.6 Å². The van der Waals surface area contributed by atoms with Crippen LogP contribution in [0, 0.1) is 11.8 Å². The monoisotopic (exact) mass is 386 g/mol. The Hall–Kier alpha value is -1.27. The lowest BCUT2D eigenvalue weighted by atomic mass is 9.87. The Bertz CT molecular complexity index is 522. The van der Waals surface area contributed by atoms with Gasteiger partial charge in [0.05, 0.1) is 13.2 Å². The number of rotatable bonds is 4. The van der Waals surface area contributed by atoms with Crippen molar-refractivity contribution in [2.24, 2.45) is 11.8 Å². The van der Waals surface area contributed by atoms with E-state index >= 15 is 4.39 Å². The minimum Gasteiger partial charge on any atom is -0.469 e. The Kier molecular flexibility index (Phi) is 8.90. The number of allylic oxidation sites excluding steroid dienone is 2. The first-order valence-electron chi connectivity index (χ1n) is 9.95. The molecule has 3 unspecified atom stereocenters. The maximum absolute atomic E-state index is 15.4. The molecular weight excluding hydrogens is 354 g/mol. The van der Waals surface area contributed by atoms with E-state index in [1.807, 2.05) is 0 Å². The Labute approximate surface area is 160 Å². The van der Waals surface area contributed by atoms with Crippen molar-refractivity contribution in [3.63, 3.8) is 0 Å². The van der Waals surface area contributed by atoms with Crippen LogP contribution in [0.25, 0.3) is 0 Å². The second kappa shape index (κ2) is 10.9. The molecule has 154 valence electrons. The quantitative estimate of drug-likeness (QED) is 0.584. The summed E-state index contributed by atoms with van der Waals surface area (Å²) in [5, 5.41) is 9.95. The Morgan fingerprint density at radius 1 is 1.26 bits per heavy atom. The summed E-state index contributed by atoms with van der Waals surface area (Å²) in [7, 11) is 1.34. The highest BCUT2D eigenvalue weighted by molar-refractivity contribution is 5.69. The number of methoxy groups -OCH3 is 1. The van der Waals surface area contributed by atoms with Crippen molar-refractivity contribution in [1.29, 1.82) is 0 Å². The molecule has 1 saturated carbocycles. The number of aliphatic hydroxyl groups is 1. The molecule has 0 saturated heterocycles. The zero-order chi connectivity index (χ0) is 19.8. The summed E-state index contributed by atoms with van der Waals surface area (Å²) < 4.78 is 40.0. The van der Waals surface area contributed by atoms with Crippen LogP contribution in [0.15, 0.2) is 24.3 Å². The van der Waals surface area contributed by atoms with E-state index in [2.05, 4.69) is 4.74 Å². The van der Waals surface area contributed by atoms with Gasteiger partial charge in [0.2, 0.25) is 0 Å². The van der Waals surface area contributed by atoms with E-state index in [1.165, 1.54) is 13.2 Å². The summed E-state index contributed by atoms with van der Waals surface area (Å²) in [5.74, 6) is -0.544. The first-order chi connectivity index (χ1) is 12.9. The van der Waals surface area contributed by atoms with Crippen molar-refractivity contribution in [3.8, 4) is 0 Å². The fourth-order valence-electron chi connectivity index (χ4n) is 3.93. The maximum Gasteiger partial charge on any atom is 0.305 e.